The molecular formula is C27H40F3N3O2. The molecule has 2 amide bonds. The normalized spacial score (nSPS) is 21.7. The molecule has 0 spiro atoms. The van der Waals surface area contributed by atoms with E-state index < -0.39 is 11.7 Å². The maximum atomic E-state index is 13.5. The molecule has 5 nitrogen and oxygen atoms in total. The van der Waals surface area contributed by atoms with Crippen molar-refractivity contribution >= 4 is 23.7 Å². The van der Waals surface area contributed by atoms with Crippen LogP contribution in [0.2, 0.25) is 0 Å². The molecule has 4 rings (SSSR count). The van der Waals surface area contributed by atoms with Gasteiger partial charge in [0.1, 0.15) is 0 Å². The Balaban J connectivity index is 0.000000261. The van der Waals surface area contributed by atoms with Gasteiger partial charge in [-0.2, -0.15) is 13.2 Å². The number of hydrogen-bond donors (Lipinski definition) is 1. The van der Waals surface area contributed by atoms with Crippen molar-refractivity contribution in [1.82, 2.24) is 4.90 Å². The van der Waals surface area contributed by atoms with E-state index in [1.807, 2.05) is 16.8 Å². The van der Waals surface area contributed by atoms with Gasteiger partial charge in [-0.05, 0) is 62.6 Å². The van der Waals surface area contributed by atoms with Crippen molar-refractivity contribution in [3.63, 3.8) is 0 Å². The van der Waals surface area contributed by atoms with E-state index in [1.165, 1.54) is 44.6 Å². The van der Waals surface area contributed by atoms with E-state index in [0.717, 1.165) is 44.6 Å². The third kappa shape index (κ3) is 7.87. The number of halogens is 3. The molecule has 2 saturated carbocycles. The molecule has 8 heteroatoms. The molecular weight excluding hydrogens is 455 g/mol. The van der Waals surface area contributed by atoms with Crippen molar-refractivity contribution in [2.75, 3.05) is 30.4 Å². The molecule has 3 fully saturated rings. The zero-order chi connectivity index (χ0) is 25.4. The Morgan fingerprint density at radius 2 is 1.71 bits per heavy atom. The highest BCUT2D eigenvalue weighted by Crippen LogP contribution is 2.40. The zero-order valence-electron chi connectivity index (χ0n) is 21.1. The van der Waals surface area contributed by atoms with Crippen molar-refractivity contribution in [2.24, 2.45) is 11.8 Å². The van der Waals surface area contributed by atoms with Crippen LogP contribution in [0.5, 0.6) is 0 Å². The van der Waals surface area contributed by atoms with Crippen molar-refractivity contribution in [1.29, 1.82) is 0 Å². The smallest absolute Gasteiger partial charge is 0.371 e. The van der Waals surface area contributed by atoms with Gasteiger partial charge in [-0.3, -0.25) is 9.59 Å². The van der Waals surface area contributed by atoms with Crippen LogP contribution in [0.15, 0.2) is 18.2 Å². The monoisotopic (exact) mass is 495 g/mol. The predicted molar refractivity (Wildman–Crippen MR) is 133 cm³/mol. The minimum Gasteiger partial charge on any atom is -0.371 e. The molecule has 2 aliphatic carbocycles. The third-order valence-corrected chi connectivity index (χ3v) is 7.61. The summed E-state index contributed by atoms with van der Waals surface area (Å²) in [6.07, 6.45) is 8.82. The van der Waals surface area contributed by atoms with E-state index in [1.54, 1.807) is 6.07 Å². The van der Waals surface area contributed by atoms with E-state index in [-0.39, 0.29) is 23.2 Å². The van der Waals surface area contributed by atoms with Crippen LogP contribution >= 0.6 is 0 Å². The summed E-state index contributed by atoms with van der Waals surface area (Å²) in [5.41, 5.74) is -0.216. The molecule has 0 radical (unpaired) electrons. The molecule has 1 N–H and O–H groups in total. The SMILES string of the molecule is CC1CCCN(c2ccc(NC(=O)C3CCC3)cc2C(F)(F)F)C1.CN(C=O)C1CCCCCC1. The molecule has 0 bridgehead atoms. The van der Waals surface area contributed by atoms with Crippen molar-refractivity contribution in [3.05, 3.63) is 23.8 Å². The van der Waals surface area contributed by atoms with Crippen LogP contribution in [-0.2, 0) is 15.8 Å². The lowest BCUT2D eigenvalue weighted by Crippen LogP contribution is -2.35. The Hall–Kier alpha value is -2.25. The topological polar surface area (TPSA) is 52.7 Å². The summed E-state index contributed by atoms with van der Waals surface area (Å²) in [4.78, 5) is 26.1. The largest absolute Gasteiger partial charge is 0.418 e. The van der Waals surface area contributed by atoms with Crippen LogP contribution in [0, 0.1) is 11.8 Å². The van der Waals surface area contributed by atoms with Gasteiger partial charge in [-0.25, -0.2) is 0 Å². The van der Waals surface area contributed by atoms with Crippen LogP contribution in [0.25, 0.3) is 0 Å². The lowest BCUT2D eigenvalue weighted by Gasteiger charge is -2.34. The summed E-state index contributed by atoms with van der Waals surface area (Å²) in [7, 11) is 1.89. The predicted octanol–water partition coefficient (Wildman–Crippen LogP) is 6.48. The Kier molecular flexibility index (Phi) is 9.87. The van der Waals surface area contributed by atoms with Crippen LogP contribution < -0.4 is 10.2 Å². The van der Waals surface area contributed by atoms with Gasteiger partial charge in [-0.15, -0.1) is 0 Å². The Bertz CT molecular complexity index is 833. The van der Waals surface area contributed by atoms with Gasteiger partial charge in [0.05, 0.1) is 5.56 Å². The number of rotatable bonds is 5. The van der Waals surface area contributed by atoms with E-state index in [2.05, 4.69) is 12.2 Å². The van der Waals surface area contributed by atoms with Gasteiger partial charge in [0, 0.05) is 43.5 Å². The fourth-order valence-electron chi connectivity index (χ4n) is 5.19. The molecule has 1 saturated heterocycles. The van der Waals surface area contributed by atoms with E-state index >= 15 is 0 Å². The van der Waals surface area contributed by atoms with Gasteiger partial charge >= 0.3 is 6.18 Å². The Labute approximate surface area is 207 Å². The molecule has 35 heavy (non-hydrogen) atoms. The first-order chi connectivity index (χ1) is 16.7. The van der Waals surface area contributed by atoms with Gasteiger partial charge in [0.15, 0.2) is 0 Å². The van der Waals surface area contributed by atoms with E-state index in [9.17, 15) is 22.8 Å². The zero-order valence-corrected chi connectivity index (χ0v) is 21.1. The van der Waals surface area contributed by atoms with Crippen molar-refractivity contribution in [2.45, 2.75) is 89.8 Å². The first-order valence-corrected chi connectivity index (χ1v) is 13.1. The van der Waals surface area contributed by atoms with Crippen LogP contribution in [0.3, 0.4) is 0 Å². The molecule has 3 aliphatic rings. The second-order valence-corrected chi connectivity index (χ2v) is 10.5. The number of piperidine rings is 1. The van der Waals surface area contributed by atoms with Crippen LogP contribution in [0.1, 0.15) is 83.1 Å². The number of carbonyl (C=O) groups excluding carboxylic acids is 2. The number of nitrogens with one attached hydrogen (secondary N) is 1. The number of hydrogen-bond acceptors (Lipinski definition) is 3. The molecule has 1 unspecified atom stereocenters. The number of nitrogens with zero attached hydrogens (tertiary/aromatic N) is 2. The molecule has 196 valence electrons. The summed E-state index contributed by atoms with van der Waals surface area (Å²) >= 11 is 0. The minimum atomic E-state index is -4.44. The van der Waals surface area contributed by atoms with Gasteiger partial charge in [0.2, 0.25) is 12.3 Å². The van der Waals surface area contributed by atoms with Gasteiger partial charge < -0.3 is 15.1 Å². The number of amides is 2. The Morgan fingerprint density at radius 3 is 2.26 bits per heavy atom. The highest BCUT2D eigenvalue weighted by molar-refractivity contribution is 5.93. The molecule has 0 aromatic heterocycles. The summed E-state index contributed by atoms with van der Waals surface area (Å²) < 4.78 is 40.5. The average Bonchev–Trinajstić information content (AvgIpc) is 3.07. The quantitative estimate of drug-likeness (QED) is 0.376. The minimum absolute atomic E-state index is 0.0537. The highest BCUT2D eigenvalue weighted by atomic mass is 19.4. The lowest BCUT2D eigenvalue weighted by atomic mass is 9.85. The fourth-order valence-corrected chi connectivity index (χ4v) is 5.19. The molecule has 1 aromatic carbocycles. The number of alkyl halides is 3. The number of carbonyl (C=O) groups is 2. The number of benzene rings is 1. The summed E-state index contributed by atoms with van der Waals surface area (Å²) in [6.45, 7) is 3.34. The van der Waals surface area contributed by atoms with E-state index in [0.29, 0.717) is 25.0 Å². The third-order valence-electron chi connectivity index (χ3n) is 7.61. The standard InChI is InChI=1S/C18H23F3N2O.C9H17NO/c1-12-4-3-9-23(11-12)16-8-7-14(10-15(16)18(19,20)21)22-17(24)13-5-2-6-13;1-10(8-11)9-6-4-2-3-5-7-9/h7-8,10,12-13H,2-6,9,11H2,1H3,(H,22,24);8-9H,2-7H2,1H3. The average molecular weight is 496 g/mol. The second kappa shape index (κ2) is 12.6. The first kappa shape index (κ1) is 27.3. The molecule has 1 aromatic rings. The first-order valence-electron chi connectivity index (χ1n) is 13.1. The van der Waals surface area contributed by atoms with E-state index in [4.69, 9.17) is 0 Å². The molecule has 1 heterocycles. The summed E-state index contributed by atoms with van der Waals surface area (Å²) in [5.74, 6) is 0.161. The lowest BCUT2D eigenvalue weighted by molar-refractivity contribution is -0.137. The summed E-state index contributed by atoms with van der Waals surface area (Å²) in [6, 6.07) is 4.68. The maximum absolute atomic E-state index is 13.5. The molecule has 1 atom stereocenters. The fraction of sp³-hybridized carbons (Fsp3) is 0.704. The summed E-state index contributed by atoms with van der Waals surface area (Å²) in [5, 5.41) is 2.64. The van der Waals surface area contributed by atoms with Crippen molar-refractivity contribution in [3.8, 4) is 0 Å². The van der Waals surface area contributed by atoms with Crippen molar-refractivity contribution < 1.29 is 22.8 Å². The van der Waals surface area contributed by atoms with Gasteiger partial charge in [0.25, 0.3) is 0 Å². The van der Waals surface area contributed by atoms with Crippen LogP contribution in [0.4, 0.5) is 24.5 Å². The Morgan fingerprint density at radius 1 is 1.03 bits per heavy atom. The second-order valence-electron chi connectivity index (χ2n) is 10.5. The number of anilines is 2. The van der Waals surface area contributed by atoms with Crippen LogP contribution in [-0.4, -0.2) is 43.4 Å². The maximum Gasteiger partial charge on any atom is 0.418 e. The highest BCUT2D eigenvalue weighted by Gasteiger charge is 2.36. The van der Waals surface area contributed by atoms with Gasteiger partial charge in [-0.1, -0.05) is 39.0 Å². The molecule has 1 aliphatic heterocycles.